The maximum atomic E-state index is 13.3. The van der Waals surface area contributed by atoms with Crippen molar-refractivity contribution in [3.05, 3.63) is 41.7 Å². The minimum atomic E-state index is -0.267. The van der Waals surface area contributed by atoms with Gasteiger partial charge in [0.2, 0.25) is 0 Å². The fourth-order valence-corrected chi connectivity index (χ4v) is 5.09. The van der Waals surface area contributed by atoms with E-state index in [2.05, 4.69) is 34.5 Å². The number of aryl methyl sites for hydroxylation is 2. The molecule has 9 nitrogen and oxygen atoms in total. The number of carbonyl (C=O) groups excluding carboxylic acids is 1. The quantitative estimate of drug-likeness (QED) is 0.404. The lowest BCUT2D eigenvalue weighted by atomic mass is 10.0. The van der Waals surface area contributed by atoms with Crippen LogP contribution in [-0.4, -0.2) is 62.0 Å². The smallest absolute Gasteiger partial charge is 0.270 e. The van der Waals surface area contributed by atoms with E-state index in [9.17, 15) is 9.90 Å². The van der Waals surface area contributed by atoms with Crippen molar-refractivity contribution < 1.29 is 9.90 Å². The summed E-state index contributed by atoms with van der Waals surface area (Å²) in [6.45, 7) is 11.8. The van der Waals surface area contributed by atoms with Gasteiger partial charge in [0.1, 0.15) is 11.4 Å². The van der Waals surface area contributed by atoms with Gasteiger partial charge < -0.3 is 20.6 Å². The number of phenols is 1. The van der Waals surface area contributed by atoms with Crippen molar-refractivity contribution in [2.45, 2.75) is 52.7 Å². The van der Waals surface area contributed by atoms with Crippen molar-refractivity contribution in [3.8, 4) is 17.1 Å². The van der Waals surface area contributed by atoms with Crippen LogP contribution in [0.4, 0.5) is 5.69 Å². The van der Waals surface area contributed by atoms with Crippen LogP contribution in [0.1, 0.15) is 43.7 Å². The molecule has 2 aromatic heterocycles. The molecule has 0 bridgehead atoms. The summed E-state index contributed by atoms with van der Waals surface area (Å²) in [6.07, 6.45) is 1.89. The highest BCUT2D eigenvalue weighted by molar-refractivity contribution is 6.06. The summed E-state index contributed by atoms with van der Waals surface area (Å²) < 4.78 is 1.71. The number of benzene rings is 2. The SMILES string of the molecule is Cc1c(O)c(-c2nc(C(=O)NC(C)C)c3cc(N4C[C@H](C)N[C@@H](C)C4)ccc3n2)cc2cn(C)nc12. The fourth-order valence-electron chi connectivity index (χ4n) is 5.09. The van der Waals surface area contributed by atoms with Crippen molar-refractivity contribution in [1.29, 1.82) is 0 Å². The van der Waals surface area contributed by atoms with Crippen LogP contribution >= 0.6 is 0 Å². The van der Waals surface area contributed by atoms with Crippen molar-refractivity contribution in [2.75, 3.05) is 18.0 Å². The Kier molecular flexibility index (Phi) is 6.04. The van der Waals surface area contributed by atoms with Gasteiger partial charge in [-0.25, -0.2) is 9.97 Å². The molecule has 1 fully saturated rings. The van der Waals surface area contributed by atoms with Crippen LogP contribution in [0.15, 0.2) is 30.5 Å². The average Bonchev–Trinajstić information content (AvgIpc) is 3.19. The van der Waals surface area contributed by atoms with Crippen molar-refractivity contribution in [1.82, 2.24) is 30.4 Å². The van der Waals surface area contributed by atoms with Gasteiger partial charge in [-0.1, -0.05) is 0 Å². The van der Waals surface area contributed by atoms with Crippen LogP contribution in [0.25, 0.3) is 33.2 Å². The van der Waals surface area contributed by atoms with Crippen LogP contribution in [0.2, 0.25) is 0 Å². The third kappa shape index (κ3) is 4.35. The highest BCUT2D eigenvalue weighted by atomic mass is 16.3. The second kappa shape index (κ2) is 9.05. The van der Waals surface area contributed by atoms with E-state index < -0.39 is 0 Å². The van der Waals surface area contributed by atoms with E-state index in [1.807, 2.05) is 58.3 Å². The molecule has 0 radical (unpaired) electrons. The van der Waals surface area contributed by atoms with E-state index in [1.54, 1.807) is 4.68 Å². The maximum absolute atomic E-state index is 13.3. The Bertz CT molecular complexity index is 1470. The highest BCUT2D eigenvalue weighted by Crippen LogP contribution is 2.36. The minimum absolute atomic E-state index is 0.0496. The van der Waals surface area contributed by atoms with E-state index in [0.29, 0.717) is 45.6 Å². The summed E-state index contributed by atoms with van der Waals surface area (Å²) in [5, 5.41) is 23.6. The number of amides is 1. The van der Waals surface area contributed by atoms with Gasteiger partial charge in [0.25, 0.3) is 5.91 Å². The number of aromatic hydroxyl groups is 1. The highest BCUT2D eigenvalue weighted by Gasteiger charge is 2.24. The molecule has 1 amide bonds. The number of nitrogens with zero attached hydrogens (tertiary/aromatic N) is 5. The molecule has 5 rings (SSSR count). The van der Waals surface area contributed by atoms with Crippen LogP contribution in [0.5, 0.6) is 5.75 Å². The molecule has 36 heavy (non-hydrogen) atoms. The van der Waals surface area contributed by atoms with E-state index in [0.717, 1.165) is 29.7 Å². The maximum Gasteiger partial charge on any atom is 0.270 e. The van der Waals surface area contributed by atoms with Gasteiger partial charge in [0.15, 0.2) is 5.82 Å². The molecule has 9 heteroatoms. The molecular weight excluding hydrogens is 454 g/mol. The summed E-state index contributed by atoms with van der Waals surface area (Å²) in [7, 11) is 1.84. The number of fused-ring (bicyclic) bond motifs is 2. The largest absolute Gasteiger partial charge is 0.507 e. The summed E-state index contributed by atoms with van der Waals surface area (Å²) >= 11 is 0. The molecule has 2 atom stereocenters. The third-order valence-electron chi connectivity index (χ3n) is 6.60. The van der Waals surface area contributed by atoms with E-state index in [-0.39, 0.29) is 17.7 Å². The Hall–Kier alpha value is -3.72. The zero-order chi connectivity index (χ0) is 25.7. The lowest BCUT2D eigenvalue weighted by molar-refractivity contribution is 0.0940. The second-order valence-electron chi connectivity index (χ2n) is 10.2. The Morgan fingerprint density at radius 3 is 2.58 bits per heavy atom. The monoisotopic (exact) mass is 487 g/mol. The van der Waals surface area contributed by atoms with Crippen LogP contribution in [0.3, 0.4) is 0 Å². The molecule has 0 aliphatic carbocycles. The predicted octanol–water partition coefficient (Wildman–Crippen LogP) is 3.52. The Balaban J connectivity index is 1.68. The van der Waals surface area contributed by atoms with Gasteiger partial charge >= 0.3 is 0 Å². The average molecular weight is 488 g/mol. The van der Waals surface area contributed by atoms with Gasteiger partial charge in [-0.05, 0) is 58.9 Å². The van der Waals surface area contributed by atoms with Gasteiger partial charge in [-0.3, -0.25) is 9.48 Å². The number of nitrogens with one attached hydrogen (secondary N) is 2. The minimum Gasteiger partial charge on any atom is -0.507 e. The Labute approximate surface area is 210 Å². The number of piperazine rings is 1. The van der Waals surface area contributed by atoms with E-state index >= 15 is 0 Å². The molecule has 0 spiro atoms. The summed E-state index contributed by atoms with van der Waals surface area (Å²) in [6, 6.07) is 8.49. The van der Waals surface area contributed by atoms with Gasteiger partial charge in [0.05, 0.1) is 16.6 Å². The van der Waals surface area contributed by atoms with Crippen molar-refractivity contribution in [2.24, 2.45) is 7.05 Å². The van der Waals surface area contributed by atoms with E-state index in [4.69, 9.17) is 9.97 Å². The molecule has 1 aliphatic rings. The number of anilines is 1. The van der Waals surface area contributed by atoms with Gasteiger partial charge in [-0.2, -0.15) is 5.10 Å². The first-order chi connectivity index (χ1) is 17.1. The standard InChI is InChI=1S/C27H33N7O2/c1-14(2)28-27(36)24-20-10-19(34-11-15(3)29-16(4)12-34)7-8-22(20)30-26(31-24)21-9-18-13-33(6)32-23(18)17(5)25(21)35/h7-10,13-16,29,35H,11-12H2,1-6H3,(H,28,36)/t15-,16-/m0/s1. The number of hydrogen-bond acceptors (Lipinski definition) is 7. The molecule has 4 aromatic rings. The summed E-state index contributed by atoms with van der Waals surface area (Å²) in [5.74, 6) is 0.104. The lowest BCUT2D eigenvalue weighted by Crippen LogP contribution is -2.54. The fraction of sp³-hybridized carbons (Fsp3) is 0.407. The number of phenolic OH excluding ortho intramolecular Hbond substituents is 1. The molecule has 0 saturated carbocycles. The van der Waals surface area contributed by atoms with Crippen LogP contribution in [-0.2, 0) is 7.05 Å². The van der Waals surface area contributed by atoms with Crippen molar-refractivity contribution in [3.63, 3.8) is 0 Å². The molecule has 3 heterocycles. The van der Waals surface area contributed by atoms with Crippen LogP contribution < -0.4 is 15.5 Å². The third-order valence-corrected chi connectivity index (χ3v) is 6.60. The molecule has 0 unspecified atom stereocenters. The lowest BCUT2D eigenvalue weighted by Gasteiger charge is -2.37. The second-order valence-corrected chi connectivity index (χ2v) is 10.2. The topological polar surface area (TPSA) is 108 Å². The zero-order valence-electron chi connectivity index (χ0n) is 21.6. The summed E-state index contributed by atoms with van der Waals surface area (Å²) in [4.78, 5) is 25.1. The zero-order valence-corrected chi connectivity index (χ0v) is 21.6. The van der Waals surface area contributed by atoms with Crippen LogP contribution in [0, 0.1) is 6.92 Å². The first kappa shape index (κ1) is 24.0. The Morgan fingerprint density at radius 2 is 1.89 bits per heavy atom. The molecule has 1 aliphatic heterocycles. The number of rotatable bonds is 4. The van der Waals surface area contributed by atoms with Crippen molar-refractivity contribution >= 4 is 33.4 Å². The van der Waals surface area contributed by atoms with E-state index in [1.165, 1.54) is 0 Å². The first-order valence-corrected chi connectivity index (χ1v) is 12.4. The summed E-state index contributed by atoms with van der Waals surface area (Å²) in [5.41, 5.74) is 3.83. The normalized spacial score (nSPS) is 18.4. The predicted molar refractivity (Wildman–Crippen MR) is 143 cm³/mol. The molecule has 188 valence electrons. The molecule has 3 N–H and O–H groups in total. The van der Waals surface area contributed by atoms with Gasteiger partial charge in [-0.15, -0.1) is 0 Å². The number of hydrogen-bond donors (Lipinski definition) is 3. The molecular formula is C27H33N7O2. The Morgan fingerprint density at radius 1 is 1.17 bits per heavy atom. The van der Waals surface area contributed by atoms with Gasteiger partial charge in [0, 0.05) is 66.5 Å². The number of carbonyl (C=O) groups is 1. The molecule has 2 aromatic carbocycles. The number of aromatic nitrogens is 4. The molecule has 1 saturated heterocycles. The first-order valence-electron chi connectivity index (χ1n) is 12.4.